The van der Waals surface area contributed by atoms with E-state index in [1.807, 2.05) is 44.3 Å². The van der Waals surface area contributed by atoms with Crippen molar-refractivity contribution in [2.45, 2.75) is 45.1 Å². The summed E-state index contributed by atoms with van der Waals surface area (Å²) in [6.45, 7) is 4.44. The van der Waals surface area contributed by atoms with E-state index in [-0.39, 0.29) is 17.7 Å². The zero-order valence-electron chi connectivity index (χ0n) is 19.2. The van der Waals surface area contributed by atoms with Crippen molar-refractivity contribution in [3.63, 3.8) is 0 Å². The fraction of sp³-hybridized carbons (Fsp3) is 0.308. The molecule has 0 radical (unpaired) electrons. The molecule has 0 aliphatic heterocycles. The topological polar surface area (TPSA) is 84.2 Å². The van der Waals surface area contributed by atoms with Gasteiger partial charge in [-0.05, 0) is 54.0 Å². The summed E-state index contributed by atoms with van der Waals surface area (Å²) in [7, 11) is 0. The van der Waals surface area contributed by atoms with Crippen LogP contribution in [0.25, 0.3) is 5.65 Å². The minimum absolute atomic E-state index is 0.00797. The van der Waals surface area contributed by atoms with Crippen LogP contribution in [0, 0.1) is 5.92 Å². The van der Waals surface area contributed by atoms with Crippen molar-refractivity contribution in [1.82, 2.24) is 19.4 Å². The van der Waals surface area contributed by atoms with E-state index in [1.165, 1.54) is 24.7 Å². The first kappa shape index (κ1) is 22.3. The minimum atomic E-state index is -0.261. The van der Waals surface area contributed by atoms with Crippen molar-refractivity contribution < 1.29 is 4.79 Å². The SMILES string of the molecule is C[C@H](C(=O)Nc1cc(NCc2cn3cc(C4CC4)ccc3n2)ncn1)[C@@H](C)c1cccc(Cl)c1. The first-order valence-corrected chi connectivity index (χ1v) is 11.9. The van der Waals surface area contributed by atoms with E-state index >= 15 is 0 Å². The van der Waals surface area contributed by atoms with Crippen LogP contribution in [0.2, 0.25) is 5.02 Å². The van der Waals surface area contributed by atoms with Gasteiger partial charge in [0.2, 0.25) is 5.91 Å². The number of anilines is 2. The third-order valence-corrected chi connectivity index (χ3v) is 6.71. The predicted octanol–water partition coefficient (Wildman–Crippen LogP) is 5.65. The fourth-order valence-electron chi connectivity index (χ4n) is 4.05. The summed E-state index contributed by atoms with van der Waals surface area (Å²) >= 11 is 6.11. The quantitative estimate of drug-likeness (QED) is 0.345. The Bertz CT molecular complexity index is 1330. The molecular weight excluding hydrogens is 448 g/mol. The molecule has 1 fully saturated rings. The van der Waals surface area contributed by atoms with Gasteiger partial charge in [-0.3, -0.25) is 4.79 Å². The Balaban J connectivity index is 1.21. The monoisotopic (exact) mass is 474 g/mol. The Kier molecular flexibility index (Phi) is 6.20. The lowest BCUT2D eigenvalue weighted by Gasteiger charge is -2.20. The zero-order chi connectivity index (χ0) is 23.7. The van der Waals surface area contributed by atoms with Gasteiger partial charge in [0.05, 0.1) is 12.2 Å². The largest absolute Gasteiger partial charge is 0.364 e. The Morgan fingerprint density at radius 1 is 1.12 bits per heavy atom. The molecule has 1 aliphatic carbocycles. The van der Waals surface area contributed by atoms with Crippen molar-refractivity contribution in [2.24, 2.45) is 5.92 Å². The van der Waals surface area contributed by atoms with Gasteiger partial charge in [-0.15, -0.1) is 0 Å². The van der Waals surface area contributed by atoms with Crippen molar-refractivity contribution in [1.29, 1.82) is 0 Å². The number of carbonyl (C=O) groups is 1. The second-order valence-corrected chi connectivity index (χ2v) is 9.43. The lowest BCUT2D eigenvalue weighted by Crippen LogP contribution is -2.25. The highest BCUT2D eigenvalue weighted by atomic mass is 35.5. The zero-order valence-corrected chi connectivity index (χ0v) is 20.0. The molecule has 1 aliphatic rings. The molecule has 0 spiro atoms. The van der Waals surface area contributed by atoms with Crippen LogP contribution in [0.4, 0.5) is 11.6 Å². The van der Waals surface area contributed by atoms with E-state index in [0.29, 0.717) is 29.1 Å². The van der Waals surface area contributed by atoms with Crippen molar-refractivity contribution in [3.8, 4) is 0 Å². The number of fused-ring (bicyclic) bond motifs is 1. The van der Waals surface area contributed by atoms with Gasteiger partial charge in [-0.25, -0.2) is 15.0 Å². The van der Waals surface area contributed by atoms with Crippen LogP contribution in [0.5, 0.6) is 0 Å². The van der Waals surface area contributed by atoms with E-state index in [1.54, 1.807) is 6.07 Å². The second kappa shape index (κ2) is 9.43. The van der Waals surface area contributed by atoms with Gasteiger partial charge in [0.25, 0.3) is 0 Å². The molecule has 7 nitrogen and oxygen atoms in total. The van der Waals surface area contributed by atoms with Crippen LogP contribution in [-0.2, 0) is 11.3 Å². The average molecular weight is 475 g/mol. The van der Waals surface area contributed by atoms with Crippen LogP contribution in [0.1, 0.15) is 55.3 Å². The van der Waals surface area contributed by atoms with Gasteiger partial charge in [-0.2, -0.15) is 0 Å². The van der Waals surface area contributed by atoms with E-state index < -0.39 is 0 Å². The van der Waals surface area contributed by atoms with E-state index in [9.17, 15) is 4.79 Å². The van der Waals surface area contributed by atoms with Crippen LogP contribution >= 0.6 is 11.6 Å². The molecule has 5 rings (SSSR count). The van der Waals surface area contributed by atoms with Crippen molar-refractivity contribution in [3.05, 3.63) is 83.0 Å². The number of carbonyl (C=O) groups excluding carboxylic acids is 1. The van der Waals surface area contributed by atoms with Crippen molar-refractivity contribution in [2.75, 3.05) is 10.6 Å². The molecule has 34 heavy (non-hydrogen) atoms. The maximum atomic E-state index is 12.8. The number of hydrogen-bond acceptors (Lipinski definition) is 5. The number of amides is 1. The van der Waals surface area contributed by atoms with E-state index in [2.05, 4.69) is 48.3 Å². The summed E-state index contributed by atoms with van der Waals surface area (Å²) in [6.07, 6.45) is 8.21. The number of aromatic nitrogens is 4. The molecule has 8 heteroatoms. The predicted molar refractivity (Wildman–Crippen MR) is 134 cm³/mol. The summed E-state index contributed by atoms with van der Waals surface area (Å²) in [5.41, 5.74) is 4.25. The maximum absolute atomic E-state index is 12.8. The molecule has 2 N–H and O–H groups in total. The summed E-state index contributed by atoms with van der Waals surface area (Å²) in [5, 5.41) is 6.85. The van der Waals surface area contributed by atoms with Crippen LogP contribution in [0.15, 0.2) is 61.2 Å². The molecule has 1 amide bonds. The Morgan fingerprint density at radius 3 is 2.74 bits per heavy atom. The van der Waals surface area contributed by atoms with Gasteiger partial charge >= 0.3 is 0 Å². The van der Waals surface area contributed by atoms with Crippen LogP contribution in [0.3, 0.4) is 0 Å². The second-order valence-electron chi connectivity index (χ2n) is 9.00. The van der Waals surface area contributed by atoms with Crippen LogP contribution < -0.4 is 10.6 Å². The normalized spacial score (nSPS) is 15.1. The number of benzene rings is 1. The molecular formula is C26H27ClN6O. The number of nitrogens with zero attached hydrogens (tertiary/aromatic N) is 4. The molecule has 3 heterocycles. The van der Waals surface area contributed by atoms with Crippen LogP contribution in [-0.4, -0.2) is 25.3 Å². The Morgan fingerprint density at radius 2 is 1.94 bits per heavy atom. The number of imidazole rings is 1. The smallest absolute Gasteiger partial charge is 0.228 e. The number of rotatable bonds is 8. The lowest BCUT2D eigenvalue weighted by molar-refractivity contribution is -0.119. The molecule has 0 unspecified atom stereocenters. The molecule has 0 bridgehead atoms. The fourth-order valence-corrected chi connectivity index (χ4v) is 4.25. The summed E-state index contributed by atoms with van der Waals surface area (Å²) in [4.78, 5) is 26.0. The third-order valence-electron chi connectivity index (χ3n) is 6.48. The maximum Gasteiger partial charge on any atom is 0.228 e. The van der Waals surface area contributed by atoms with Gasteiger partial charge in [0.1, 0.15) is 23.6 Å². The molecule has 174 valence electrons. The first-order chi connectivity index (χ1) is 16.5. The van der Waals surface area contributed by atoms with Gasteiger partial charge in [0, 0.05) is 29.4 Å². The molecule has 2 atom stereocenters. The van der Waals surface area contributed by atoms with Gasteiger partial charge in [0.15, 0.2) is 0 Å². The van der Waals surface area contributed by atoms with Crippen molar-refractivity contribution >= 4 is 34.8 Å². The molecule has 0 saturated heterocycles. The Hall–Kier alpha value is -3.45. The van der Waals surface area contributed by atoms with Gasteiger partial charge in [-0.1, -0.05) is 43.6 Å². The van der Waals surface area contributed by atoms with Gasteiger partial charge < -0.3 is 15.0 Å². The number of hydrogen-bond donors (Lipinski definition) is 2. The highest BCUT2D eigenvalue weighted by molar-refractivity contribution is 6.30. The Labute approximate surface area is 203 Å². The average Bonchev–Trinajstić information content (AvgIpc) is 3.61. The lowest BCUT2D eigenvalue weighted by atomic mass is 9.88. The summed E-state index contributed by atoms with van der Waals surface area (Å²) in [6, 6.07) is 13.6. The highest BCUT2D eigenvalue weighted by Crippen LogP contribution is 2.39. The number of pyridine rings is 1. The molecule has 3 aromatic heterocycles. The van der Waals surface area contributed by atoms with E-state index in [0.717, 1.165) is 16.9 Å². The highest BCUT2D eigenvalue weighted by Gasteiger charge is 2.24. The standard InChI is InChI=1S/C26H27ClN6O/c1-16(19-4-3-5-21(27)10-19)17(2)26(34)32-24-11-23(29-15-30-24)28-12-22-14-33-13-20(18-6-7-18)8-9-25(33)31-22/h3-5,8-11,13-18H,6-7,12H2,1-2H3,(H2,28,29,30,32,34)/t16-,17+/m1/s1. The summed E-state index contributed by atoms with van der Waals surface area (Å²) in [5.74, 6) is 1.42. The third kappa shape index (κ3) is 5.04. The van der Waals surface area contributed by atoms with E-state index in [4.69, 9.17) is 11.6 Å². The molecule has 4 aromatic rings. The minimum Gasteiger partial charge on any atom is -0.364 e. The summed E-state index contributed by atoms with van der Waals surface area (Å²) < 4.78 is 2.08. The number of nitrogens with one attached hydrogen (secondary N) is 2. The number of halogens is 1. The first-order valence-electron chi connectivity index (χ1n) is 11.6. The molecule has 1 aromatic carbocycles. The molecule has 1 saturated carbocycles.